The molecular formula is C21H33NO2. The molecule has 5 atom stereocenters. The Bertz CT molecular complexity index is 562. The first kappa shape index (κ1) is 17.7. The van der Waals surface area contributed by atoms with Crippen LogP contribution in [0.4, 0.5) is 0 Å². The summed E-state index contributed by atoms with van der Waals surface area (Å²) in [6.45, 7) is 11.0. The maximum absolute atomic E-state index is 10.9. The Balaban J connectivity index is 1.83. The Morgan fingerprint density at radius 1 is 1.33 bits per heavy atom. The molecule has 1 heterocycles. The zero-order valence-electron chi connectivity index (χ0n) is 15.9. The first-order valence-electron chi connectivity index (χ1n) is 9.50. The van der Waals surface area contributed by atoms with Crippen LogP contribution in [0.1, 0.15) is 66.7 Å². The van der Waals surface area contributed by atoms with E-state index in [-0.39, 0.29) is 17.2 Å². The summed E-state index contributed by atoms with van der Waals surface area (Å²) in [5.74, 6) is 1.83. The molecule has 1 N–H and O–H groups in total. The summed E-state index contributed by atoms with van der Waals surface area (Å²) in [5.41, 5.74) is 2.71. The number of fused-ring (bicyclic) bond motifs is 1. The normalized spacial score (nSPS) is 39.7. The summed E-state index contributed by atoms with van der Waals surface area (Å²) in [5, 5.41) is 2.95. The monoisotopic (exact) mass is 331 g/mol. The van der Waals surface area contributed by atoms with Gasteiger partial charge in [-0.2, -0.15) is 0 Å². The molecule has 1 amide bonds. The highest BCUT2D eigenvalue weighted by Crippen LogP contribution is 2.51. The van der Waals surface area contributed by atoms with Crippen LogP contribution in [0.5, 0.6) is 0 Å². The van der Waals surface area contributed by atoms with Gasteiger partial charge in [0.15, 0.2) is 0 Å². The molecule has 3 aliphatic rings. The molecule has 0 unspecified atom stereocenters. The van der Waals surface area contributed by atoms with E-state index < -0.39 is 0 Å². The van der Waals surface area contributed by atoms with E-state index in [9.17, 15) is 4.79 Å². The zero-order chi connectivity index (χ0) is 17.5. The van der Waals surface area contributed by atoms with Crippen molar-refractivity contribution in [1.29, 1.82) is 0 Å². The van der Waals surface area contributed by atoms with Gasteiger partial charge in [0.25, 0.3) is 0 Å². The van der Waals surface area contributed by atoms with E-state index in [1.165, 1.54) is 18.4 Å². The summed E-state index contributed by atoms with van der Waals surface area (Å²) in [7, 11) is 0. The molecule has 0 saturated carbocycles. The van der Waals surface area contributed by atoms with Gasteiger partial charge in [0, 0.05) is 0 Å². The lowest BCUT2D eigenvalue weighted by Gasteiger charge is -2.46. The topological polar surface area (TPSA) is 38.3 Å². The Kier molecular flexibility index (Phi) is 4.67. The van der Waals surface area contributed by atoms with Crippen molar-refractivity contribution in [2.45, 2.75) is 84.0 Å². The number of amides is 1. The largest absolute Gasteiger partial charge is 0.369 e. The van der Waals surface area contributed by atoms with Crippen LogP contribution in [0.15, 0.2) is 23.3 Å². The summed E-state index contributed by atoms with van der Waals surface area (Å²) in [4.78, 5) is 10.9. The van der Waals surface area contributed by atoms with Crippen molar-refractivity contribution in [1.82, 2.24) is 5.32 Å². The van der Waals surface area contributed by atoms with Crippen LogP contribution < -0.4 is 5.32 Å². The molecule has 0 aromatic heterocycles. The molecule has 1 aliphatic heterocycles. The van der Waals surface area contributed by atoms with Gasteiger partial charge in [0.1, 0.15) is 0 Å². The molecule has 134 valence electrons. The number of allylic oxidation sites excluding steroid dienone is 4. The molecule has 0 spiro atoms. The van der Waals surface area contributed by atoms with Crippen molar-refractivity contribution < 1.29 is 9.53 Å². The quantitative estimate of drug-likeness (QED) is 0.613. The second kappa shape index (κ2) is 6.33. The fourth-order valence-corrected chi connectivity index (χ4v) is 5.20. The van der Waals surface area contributed by atoms with Gasteiger partial charge in [-0.3, -0.25) is 4.79 Å². The maximum atomic E-state index is 10.9. The van der Waals surface area contributed by atoms with E-state index in [1.807, 2.05) is 0 Å². The standard InChI is InChI=1S/C21H33NO2/c1-14-6-8-16-15(2)7-9-18(17(16)12-14)21(5)11-10-19(24-21)20(3,4)22-13-23/h7,12-13,16-19H,6,8-11H2,1-5H3,(H,22,23)/t16-,17-,18-,19-,21+/m0/s1. The van der Waals surface area contributed by atoms with Crippen molar-refractivity contribution in [2.24, 2.45) is 17.8 Å². The van der Waals surface area contributed by atoms with Gasteiger partial charge < -0.3 is 10.1 Å². The van der Waals surface area contributed by atoms with Gasteiger partial charge >= 0.3 is 0 Å². The van der Waals surface area contributed by atoms with E-state index in [2.05, 4.69) is 52.1 Å². The Morgan fingerprint density at radius 3 is 2.79 bits per heavy atom. The molecule has 0 aromatic rings. The number of hydrogen-bond acceptors (Lipinski definition) is 2. The minimum atomic E-state index is -0.308. The Labute approximate surface area is 146 Å². The number of carbonyl (C=O) groups excluding carboxylic acids is 1. The number of rotatable bonds is 4. The molecule has 0 radical (unpaired) electrons. The average molecular weight is 332 g/mol. The van der Waals surface area contributed by atoms with Crippen LogP contribution in [-0.4, -0.2) is 23.7 Å². The van der Waals surface area contributed by atoms with Gasteiger partial charge in [-0.15, -0.1) is 0 Å². The fraction of sp³-hybridized carbons (Fsp3) is 0.762. The van der Waals surface area contributed by atoms with Crippen LogP contribution in [-0.2, 0) is 9.53 Å². The average Bonchev–Trinajstić information content (AvgIpc) is 2.91. The molecule has 1 fully saturated rings. The number of carbonyl (C=O) groups is 1. The van der Waals surface area contributed by atoms with E-state index in [0.29, 0.717) is 17.8 Å². The SMILES string of the molecule is CC1=C[C@H]2[C@@H](CC1)C(C)=CC[C@@H]2[C@@]1(C)CC[C@@H](C(C)(C)NC=O)O1. The smallest absolute Gasteiger partial charge is 0.207 e. The molecule has 3 rings (SSSR count). The molecule has 0 aromatic carbocycles. The first-order valence-corrected chi connectivity index (χ1v) is 9.50. The van der Waals surface area contributed by atoms with Crippen LogP contribution in [0.2, 0.25) is 0 Å². The summed E-state index contributed by atoms with van der Waals surface area (Å²) in [6.07, 6.45) is 11.6. The number of hydrogen-bond donors (Lipinski definition) is 1. The number of ether oxygens (including phenoxy) is 1. The van der Waals surface area contributed by atoms with Gasteiger partial charge in [0.2, 0.25) is 6.41 Å². The molecule has 2 aliphatic carbocycles. The van der Waals surface area contributed by atoms with E-state index in [0.717, 1.165) is 25.7 Å². The predicted octanol–water partition coefficient (Wildman–Crippen LogP) is 4.39. The number of nitrogens with one attached hydrogen (secondary N) is 1. The lowest BCUT2D eigenvalue weighted by atomic mass is 9.62. The lowest BCUT2D eigenvalue weighted by Crippen LogP contribution is -2.51. The predicted molar refractivity (Wildman–Crippen MR) is 97.6 cm³/mol. The molecule has 24 heavy (non-hydrogen) atoms. The third kappa shape index (κ3) is 3.08. The molecule has 3 nitrogen and oxygen atoms in total. The van der Waals surface area contributed by atoms with E-state index in [1.54, 1.807) is 5.57 Å². The van der Waals surface area contributed by atoms with Gasteiger partial charge in [-0.05, 0) is 84.5 Å². The second-order valence-electron chi connectivity index (χ2n) is 8.97. The maximum Gasteiger partial charge on any atom is 0.207 e. The summed E-state index contributed by atoms with van der Waals surface area (Å²) in [6, 6.07) is 0. The minimum Gasteiger partial charge on any atom is -0.369 e. The minimum absolute atomic E-state index is 0.0896. The third-order valence-corrected chi connectivity index (χ3v) is 6.87. The van der Waals surface area contributed by atoms with Crippen molar-refractivity contribution in [2.75, 3.05) is 0 Å². The molecule has 3 heteroatoms. The molecule has 1 saturated heterocycles. The summed E-state index contributed by atoms with van der Waals surface area (Å²) < 4.78 is 6.65. The van der Waals surface area contributed by atoms with Crippen LogP contribution in [0, 0.1) is 17.8 Å². The summed E-state index contributed by atoms with van der Waals surface area (Å²) >= 11 is 0. The van der Waals surface area contributed by atoms with Gasteiger partial charge in [-0.25, -0.2) is 0 Å². The van der Waals surface area contributed by atoms with Crippen molar-refractivity contribution >= 4 is 6.41 Å². The van der Waals surface area contributed by atoms with Crippen molar-refractivity contribution in [3.8, 4) is 0 Å². The highest BCUT2D eigenvalue weighted by Gasteiger charge is 2.51. The third-order valence-electron chi connectivity index (χ3n) is 6.87. The van der Waals surface area contributed by atoms with Crippen molar-refractivity contribution in [3.05, 3.63) is 23.3 Å². The highest BCUT2D eigenvalue weighted by atomic mass is 16.5. The lowest BCUT2D eigenvalue weighted by molar-refractivity contribution is -0.120. The van der Waals surface area contributed by atoms with Crippen LogP contribution >= 0.6 is 0 Å². The van der Waals surface area contributed by atoms with Gasteiger partial charge in [0.05, 0.1) is 17.2 Å². The van der Waals surface area contributed by atoms with Crippen LogP contribution in [0.3, 0.4) is 0 Å². The highest BCUT2D eigenvalue weighted by molar-refractivity contribution is 5.48. The van der Waals surface area contributed by atoms with E-state index in [4.69, 9.17) is 4.74 Å². The van der Waals surface area contributed by atoms with Crippen molar-refractivity contribution in [3.63, 3.8) is 0 Å². The van der Waals surface area contributed by atoms with E-state index >= 15 is 0 Å². The van der Waals surface area contributed by atoms with Gasteiger partial charge in [-0.1, -0.05) is 23.3 Å². The fourth-order valence-electron chi connectivity index (χ4n) is 5.20. The first-order chi connectivity index (χ1) is 11.3. The second-order valence-corrected chi connectivity index (χ2v) is 8.97. The van der Waals surface area contributed by atoms with Crippen LogP contribution in [0.25, 0.3) is 0 Å². The molecular weight excluding hydrogens is 298 g/mol. The Morgan fingerprint density at radius 2 is 2.08 bits per heavy atom. The molecule has 0 bridgehead atoms. The zero-order valence-corrected chi connectivity index (χ0v) is 15.9. The Hall–Kier alpha value is -1.09.